The van der Waals surface area contributed by atoms with Gasteiger partial charge in [-0.15, -0.1) is 0 Å². The van der Waals surface area contributed by atoms with Gasteiger partial charge in [0.25, 0.3) is 0 Å². The third-order valence-corrected chi connectivity index (χ3v) is 2.64. The highest BCUT2D eigenvalue weighted by molar-refractivity contribution is 5.67. The molecule has 0 fully saturated rings. The number of oxime groups is 1. The van der Waals surface area contributed by atoms with Gasteiger partial charge >= 0.3 is 0 Å². The van der Waals surface area contributed by atoms with Crippen molar-refractivity contribution >= 4 is 11.9 Å². The van der Waals surface area contributed by atoms with Crippen LogP contribution in [0.5, 0.6) is 0 Å². The van der Waals surface area contributed by atoms with E-state index in [2.05, 4.69) is 23.9 Å². The lowest BCUT2D eigenvalue weighted by Crippen LogP contribution is -1.85. The quantitative estimate of drug-likeness (QED) is 0.341. The maximum Gasteiger partial charge on any atom is 0.130 e. The summed E-state index contributed by atoms with van der Waals surface area (Å²) in [7, 11) is 0. The Hall–Kier alpha value is -1.84. The van der Waals surface area contributed by atoms with Crippen LogP contribution in [0.3, 0.4) is 0 Å². The van der Waals surface area contributed by atoms with Crippen LogP contribution in [0.15, 0.2) is 35.5 Å². The average molecular weight is 236 g/mol. The van der Waals surface area contributed by atoms with Crippen LogP contribution in [0.25, 0.3) is 5.57 Å². The monoisotopic (exact) mass is 236 g/mol. The van der Waals surface area contributed by atoms with Gasteiger partial charge in [0.15, 0.2) is 0 Å². The predicted octanol–water partition coefficient (Wildman–Crippen LogP) is 3.00. The van der Waals surface area contributed by atoms with Crippen molar-refractivity contribution in [2.75, 3.05) is 0 Å². The van der Waals surface area contributed by atoms with Gasteiger partial charge in [0.2, 0.25) is 0 Å². The summed E-state index contributed by atoms with van der Waals surface area (Å²) in [5, 5.41) is 9.71. The topological polar surface area (TPSA) is 58.6 Å². The molecule has 0 amide bonds. The Labute approximate surface area is 100 Å². The van der Waals surface area contributed by atoms with Gasteiger partial charge in [-0.25, -0.2) is 4.39 Å². The van der Waals surface area contributed by atoms with E-state index in [1.807, 2.05) is 12.1 Å². The highest BCUT2D eigenvalue weighted by Crippen LogP contribution is 2.32. The first kappa shape index (κ1) is 13.2. The van der Waals surface area contributed by atoms with E-state index in [9.17, 15) is 4.39 Å². The van der Waals surface area contributed by atoms with Crippen molar-refractivity contribution in [3.8, 4) is 0 Å². The summed E-state index contributed by atoms with van der Waals surface area (Å²) in [5.74, 6) is 0.512. The van der Waals surface area contributed by atoms with Crippen molar-refractivity contribution in [3.63, 3.8) is 0 Å². The molecule has 17 heavy (non-hydrogen) atoms. The third-order valence-electron chi connectivity index (χ3n) is 2.64. The van der Waals surface area contributed by atoms with E-state index < -0.39 is 0 Å². The minimum Gasteiger partial charge on any atom is -0.410 e. The maximum atomic E-state index is 13.3. The van der Waals surface area contributed by atoms with Gasteiger partial charge in [0, 0.05) is 5.56 Å². The highest BCUT2D eigenvalue weighted by atomic mass is 19.1. The molecular weight excluding hydrogens is 219 g/mol. The molecule has 0 saturated heterocycles. The van der Waals surface area contributed by atoms with Crippen LogP contribution in [-0.4, -0.2) is 11.5 Å². The molecule has 4 heteroatoms. The lowest BCUT2D eigenvalue weighted by atomic mass is 10.1. The maximum absolute atomic E-state index is 13.3. The number of halogens is 1. The summed E-state index contributed by atoms with van der Waals surface area (Å²) in [6, 6.07) is 7.01. The Morgan fingerprint density at radius 1 is 1.47 bits per heavy atom. The third kappa shape index (κ3) is 3.90. The molecule has 2 rings (SSSR count). The molecule has 0 saturated carbocycles. The summed E-state index contributed by atoms with van der Waals surface area (Å²) in [6.07, 6.45) is 5.16. The molecule has 92 valence electrons. The van der Waals surface area contributed by atoms with E-state index in [1.54, 1.807) is 6.07 Å². The SMILES string of the molecule is CC1C=C(c2ccccc2F)CC1.N/C=N\O. The normalized spacial score (nSPS) is 18.7. The largest absolute Gasteiger partial charge is 0.410 e. The lowest BCUT2D eigenvalue weighted by molar-refractivity contribution is 0.321. The number of nitrogens with zero attached hydrogens (tertiary/aromatic N) is 1. The summed E-state index contributed by atoms with van der Waals surface area (Å²) in [4.78, 5) is 0. The fourth-order valence-corrected chi connectivity index (χ4v) is 1.84. The number of allylic oxidation sites excluding steroid dienone is 2. The van der Waals surface area contributed by atoms with Gasteiger partial charge in [-0.05, 0) is 30.4 Å². The van der Waals surface area contributed by atoms with Crippen LogP contribution in [0.1, 0.15) is 25.3 Å². The van der Waals surface area contributed by atoms with Crippen molar-refractivity contribution in [1.29, 1.82) is 0 Å². The van der Waals surface area contributed by atoms with Crippen molar-refractivity contribution in [1.82, 2.24) is 0 Å². The molecule has 0 radical (unpaired) electrons. The molecule has 0 heterocycles. The Morgan fingerprint density at radius 2 is 2.12 bits per heavy atom. The van der Waals surface area contributed by atoms with E-state index in [0.29, 0.717) is 5.92 Å². The van der Waals surface area contributed by atoms with Crippen molar-refractivity contribution in [2.24, 2.45) is 16.8 Å². The van der Waals surface area contributed by atoms with Crippen LogP contribution in [0.4, 0.5) is 4.39 Å². The van der Waals surface area contributed by atoms with E-state index >= 15 is 0 Å². The second-order valence-corrected chi connectivity index (χ2v) is 3.95. The van der Waals surface area contributed by atoms with Crippen molar-refractivity contribution in [3.05, 3.63) is 41.7 Å². The zero-order valence-corrected chi connectivity index (χ0v) is 9.81. The summed E-state index contributed by atoms with van der Waals surface area (Å²) in [5.41, 5.74) is 6.44. The molecular formula is C13H17FN2O. The fourth-order valence-electron chi connectivity index (χ4n) is 1.84. The number of rotatable bonds is 1. The Kier molecular flexibility index (Phi) is 5.20. The first-order valence-electron chi connectivity index (χ1n) is 5.52. The highest BCUT2D eigenvalue weighted by Gasteiger charge is 2.14. The lowest BCUT2D eigenvalue weighted by Gasteiger charge is -2.02. The fraction of sp³-hybridized carbons (Fsp3) is 0.308. The summed E-state index contributed by atoms with van der Waals surface area (Å²) in [6.45, 7) is 2.17. The number of hydrogen-bond donors (Lipinski definition) is 2. The van der Waals surface area contributed by atoms with E-state index in [1.165, 1.54) is 11.6 Å². The Bertz CT molecular complexity index is 412. The standard InChI is InChI=1S/C12H13F.CH4N2O/c1-9-6-7-10(8-9)11-4-2-3-5-12(11)13;2-1-3-4/h2-5,8-9H,6-7H2,1H3;1,4H,(H2,2,3). The van der Waals surface area contributed by atoms with Crippen molar-refractivity contribution < 1.29 is 9.60 Å². The molecule has 3 nitrogen and oxygen atoms in total. The van der Waals surface area contributed by atoms with E-state index in [4.69, 9.17) is 5.21 Å². The first-order chi connectivity index (χ1) is 8.19. The van der Waals surface area contributed by atoms with E-state index in [-0.39, 0.29) is 5.82 Å². The molecule has 1 unspecified atom stereocenters. The zero-order chi connectivity index (χ0) is 12.7. The molecule has 1 aromatic rings. The minimum atomic E-state index is -0.0946. The molecule has 1 aromatic carbocycles. The smallest absolute Gasteiger partial charge is 0.130 e. The summed E-state index contributed by atoms with van der Waals surface area (Å²) >= 11 is 0. The molecule has 1 aliphatic rings. The minimum absolute atomic E-state index is 0.0946. The van der Waals surface area contributed by atoms with Crippen LogP contribution in [-0.2, 0) is 0 Å². The molecule has 1 aliphatic carbocycles. The van der Waals surface area contributed by atoms with Crippen LogP contribution in [0, 0.1) is 11.7 Å². The van der Waals surface area contributed by atoms with Gasteiger partial charge in [-0.3, -0.25) is 0 Å². The average Bonchev–Trinajstić information content (AvgIpc) is 2.77. The molecule has 3 N–H and O–H groups in total. The number of benzene rings is 1. The molecule has 0 aromatic heterocycles. The Morgan fingerprint density at radius 3 is 2.59 bits per heavy atom. The molecule has 1 atom stereocenters. The van der Waals surface area contributed by atoms with Gasteiger partial charge in [-0.1, -0.05) is 36.4 Å². The van der Waals surface area contributed by atoms with Gasteiger partial charge in [0.05, 0.1) is 0 Å². The van der Waals surface area contributed by atoms with Gasteiger partial charge < -0.3 is 10.9 Å². The Balaban J connectivity index is 0.000000317. The van der Waals surface area contributed by atoms with Crippen LogP contribution in [0.2, 0.25) is 0 Å². The molecule has 0 aliphatic heterocycles. The molecule has 0 bridgehead atoms. The summed E-state index contributed by atoms with van der Waals surface area (Å²) < 4.78 is 13.3. The van der Waals surface area contributed by atoms with Crippen LogP contribution >= 0.6 is 0 Å². The van der Waals surface area contributed by atoms with E-state index in [0.717, 1.165) is 24.7 Å². The molecule has 0 spiro atoms. The second-order valence-electron chi connectivity index (χ2n) is 3.95. The first-order valence-corrected chi connectivity index (χ1v) is 5.52. The van der Waals surface area contributed by atoms with Gasteiger partial charge in [0.1, 0.15) is 12.2 Å². The predicted molar refractivity (Wildman–Crippen MR) is 67.2 cm³/mol. The van der Waals surface area contributed by atoms with Crippen molar-refractivity contribution in [2.45, 2.75) is 19.8 Å². The number of nitrogens with two attached hydrogens (primary N) is 1. The second kappa shape index (κ2) is 6.68. The van der Waals surface area contributed by atoms with Gasteiger partial charge in [-0.2, -0.15) is 0 Å². The number of hydrogen-bond acceptors (Lipinski definition) is 2. The van der Waals surface area contributed by atoms with Crippen LogP contribution < -0.4 is 5.73 Å². The zero-order valence-electron chi connectivity index (χ0n) is 9.81.